The second-order valence-corrected chi connectivity index (χ2v) is 13.2. The van der Waals surface area contributed by atoms with E-state index < -0.39 is 0 Å². The summed E-state index contributed by atoms with van der Waals surface area (Å²) in [6.45, 7) is 6.19. The molecule has 1 aromatic carbocycles. The van der Waals surface area contributed by atoms with E-state index in [0.29, 0.717) is 42.7 Å². The van der Waals surface area contributed by atoms with Gasteiger partial charge < -0.3 is 19.1 Å². The van der Waals surface area contributed by atoms with Gasteiger partial charge in [0.2, 0.25) is 17.8 Å². The van der Waals surface area contributed by atoms with Crippen LogP contribution in [-0.4, -0.2) is 83.5 Å². The Morgan fingerprint density at radius 3 is 2.65 bits per heavy atom. The van der Waals surface area contributed by atoms with Crippen molar-refractivity contribution in [1.82, 2.24) is 19.4 Å². The molecule has 10 nitrogen and oxygen atoms in total. The smallest absolute Gasteiger partial charge is 0.268 e. The van der Waals surface area contributed by atoms with Gasteiger partial charge >= 0.3 is 0 Å². The van der Waals surface area contributed by atoms with Crippen LogP contribution in [0.2, 0.25) is 0 Å². The number of likely N-dealkylation sites (tertiary alicyclic amines) is 1. The first kappa shape index (κ1) is 29.8. The molecule has 11 heteroatoms. The minimum atomic E-state index is -0.186. The van der Waals surface area contributed by atoms with E-state index in [0.717, 1.165) is 86.7 Å². The number of fused-ring (bicyclic) bond motifs is 1. The molecule has 2 aliphatic heterocycles. The molecule has 0 bridgehead atoms. The fourth-order valence-corrected chi connectivity index (χ4v) is 7.42. The highest BCUT2D eigenvalue weighted by molar-refractivity contribution is 7.14. The number of rotatable bonds is 11. The monoisotopic (exact) mass is 606 g/mol. The van der Waals surface area contributed by atoms with Crippen molar-refractivity contribution in [3.8, 4) is 0 Å². The summed E-state index contributed by atoms with van der Waals surface area (Å²) >= 11 is 1.50. The first-order chi connectivity index (χ1) is 20.9. The van der Waals surface area contributed by atoms with Crippen molar-refractivity contribution in [3.63, 3.8) is 0 Å². The summed E-state index contributed by atoms with van der Waals surface area (Å²) in [5, 5.41) is 3.07. The van der Waals surface area contributed by atoms with E-state index in [4.69, 9.17) is 9.72 Å². The number of amides is 3. The van der Waals surface area contributed by atoms with Crippen molar-refractivity contribution in [2.45, 2.75) is 64.5 Å². The molecule has 3 aromatic rings. The van der Waals surface area contributed by atoms with Crippen molar-refractivity contribution >= 4 is 51.7 Å². The summed E-state index contributed by atoms with van der Waals surface area (Å²) in [4.78, 5) is 51.2. The van der Waals surface area contributed by atoms with Gasteiger partial charge in [-0.15, -0.1) is 11.3 Å². The number of imidazole rings is 1. The summed E-state index contributed by atoms with van der Waals surface area (Å²) < 4.78 is 7.48. The largest absolute Gasteiger partial charge is 0.379 e. The maximum Gasteiger partial charge on any atom is 0.268 e. The van der Waals surface area contributed by atoms with E-state index in [1.165, 1.54) is 24.2 Å². The quantitative estimate of drug-likeness (QED) is 0.339. The second-order valence-electron chi connectivity index (χ2n) is 12.0. The Hall–Kier alpha value is -3.28. The van der Waals surface area contributed by atoms with Crippen LogP contribution in [0.3, 0.4) is 0 Å². The third-order valence-corrected chi connectivity index (χ3v) is 10.1. The van der Waals surface area contributed by atoms with Gasteiger partial charge in [0.15, 0.2) is 0 Å². The number of aromatic nitrogens is 2. The predicted octanol–water partition coefficient (Wildman–Crippen LogP) is 4.74. The van der Waals surface area contributed by atoms with Crippen molar-refractivity contribution in [2.75, 3.05) is 56.7 Å². The van der Waals surface area contributed by atoms with Crippen LogP contribution in [0.15, 0.2) is 30.3 Å². The lowest BCUT2D eigenvalue weighted by Gasteiger charge is -2.25. The van der Waals surface area contributed by atoms with Crippen LogP contribution in [0.5, 0.6) is 0 Å². The highest BCUT2D eigenvalue weighted by Crippen LogP contribution is 2.30. The van der Waals surface area contributed by atoms with E-state index in [1.54, 1.807) is 4.90 Å². The van der Waals surface area contributed by atoms with E-state index >= 15 is 0 Å². The molecule has 6 rings (SSSR count). The zero-order valence-electron chi connectivity index (χ0n) is 25.1. The van der Waals surface area contributed by atoms with Gasteiger partial charge in [0.25, 0.3) is 5.91 Å². The van der Waals surface area contributed by atoms with E-state index in [-0.39, 0.29) is 17.7 Å². The first-order valence-electron chi connectivity index (χ1n) is 15.7. The zero-order chi connectivity index (χ0) is 29.8. The number of nitrogens with one attached hydrogen (secondary N) is 1. The first-order valence-corrected chi connectivity index (χ1v) is 16.5. The molecule has 0 unspecified atom stereocenters. The Morgan fingerprint density at radius 2 is 1.88 bits per heavy atom. The molecule has 0 radical (unpaired) electrons. The average Bonchev–Trinajstić information content (AvgIpc) is 3.82. The Bertz CT molecular complexity index is 1460. The number of anilines is 2. The van der Waals surface area contributed by atoms with Crippen molar-refractivity contribution in [2.24, 2.45) is 5.92 Å². The Balaban J connectivity index is 1.19. The molecule has 4 heterocycles. The molecular formula is C32H42N6O4S. The van der Waals surface area contributed by atoms with Crippen molar-refractivity contribution < 1.29 is 19.1 Å². The topological polar surface area (TPSA) is 100 Å². The third-order valence-electron chi connectivity index (χ3n) is 9.01. The molecule has 230 valence electrons. The van der Waals surface area contributed by atoms with Crippen LogP contribution in [0.4, 0.5) is 11.6 Å². The van der Waals surface area contributed by atoms with Gasteiger partial charge in [0, 0.05) is 69.7 Å². The van der Waals surface area contributed by atoms with Gasteiger partial charge in [-0.05, 0) is 61.9 Å². The third kappa shape index (κ3) is 7.11. The molecule has 43 heavy (non-hydrogen) atoms. The Labute approximate surface area is 257 Å². The van der Waals surface area contributed by atoms with Crippen LogP contribution in [0.25, 0.3) is 11.0 Å². The highest BCUT2D eigenvalue weighted by Gasteiger charge is 2.24. The lowest BCUT2D eigenvalue weighted by molar-refractivity contribution is -0.127. The van der Waals surface area contributed by atoms with Crippen LogP contribution in [0, 0.1) is 5.92 Å². The molecule has 3 fully saturated rings. The predicted molar refractivity (Wildman–Crippen MR) is 169 cm³/mol. The fraction of sp³-hybridized carbons (Fsp3) is 0.562. The summed E-state index contributed by atoms with van der Waals surface area (Å²) in [7, 11) is 1.83. The van der Waals surface area contributed by atoms with Crippen LogP contribution >= 0.6 is 11.3 Å². The number of carbonyl (C=O) groups is 3. The number of hydrogen-bond donors (Lipinski definition) is 1. The van der Waals surface area contributed by atoms with E-state index in [1.807, 2.05) is 46.8 Å². The average molecular weight is 607 g/mol. The molecule has 3 amide bonds. The lowest BCUT2D eigenvalue weighted by atomic mass is 10.0. The van der Waals surface area contributed by atoms with Crippen molar-refractivity contribution in [1.29, 1.82) is 0 Å². The summed E-state index contributed by atoms with van der Waals surface area (Å²) in [5.41, 5.74) is 2.42. The molecule has 3 aliphatic rings. The number of thiophene rings is 1. The Kier molecular flexibility index (Phi) is 9.40. The number of ether oxygens (including phenoxy) is 1. The molecule has 2 aromatic heterocycles. The molecule has 1 N–H and O–H groups in total. The molecule has 0 spiro atoms. The number of benzene rings is 1. The molecule has 1 saturated carbocycles. The number of hydrogen-bond acceptors (Lipinski definition) is 7. The van der Waals surface area contributed by atoms with Crippen LogP contribution in [0.1, 0.15) is 65.9 Å². The number of aryl methyl sites for hydroxylation is 1. The van der Waals surface area contributed by atoms with Crippen LogP contribution in [-0.2, 0) is 27.4 Å². The molecule has 2 saturated heterocycles. The van der Waals surface area contributed by atoms with Crippen LogP contribution < -0.4 is 10.2 Å². The maximum atomic E-state index is 13.4. The van der Waals surface area contributed by atoms with E-state index in [9.17, 15) is 14.4 Å². The minimum Gasteiger partial charge on any atom is -0.379 e. The summed E-state index contributed by atoms with van der Waals surface area (Å²) in [5.74, 6) is 1.11. The lowest BCUT2D eigenvalue weighted by Crippen LogP contribution is -2.35. The minimum absolute atomic E-state index is 0.125. The van der Waals surface area contributed by atoms with E-state index in [2.05, 4.69) is 10.2 Å². The number of nitrogens with zero attached hydrogens (tertiary/aromatic N) is 5. The second kappa shape index (κ2) is 13.6. The summed E-state index contributed by atoms with van der Waals surface area (Å²) in [6, 6.07) is 9.78. The van der Waals surface area contributed by atoms with Gasteiger partial charge in [-0.2, -0.15) is 0 Å². The fourth-order valence-electron chi connectivity index (χ4n) is 6.48. The molecule has 1 aliphatic carbocycles. The number of carbonyl (C=O) groups excluding carboxylic acids is 3. The van der Waals surface area contributed by atoms with Gasteiger partial charge in [0.05, 0.1) is 29.1 Å². The number of morpholine rings is 1. The van der Waals surface area contributed by atoms with Gasteiger partial charge in [-0.1, -0.05) is 12.8 Å². The SMILES string of the molecule is CN(C(=O)CC1CCCC1)c1ccc2c(c1)nc(NC(=O)c1ccc(CN3CCOCC3)s1)n2CCCN1CCCC1=O. The molecule has 0 atom stereocenters. The Morgan fingerprint density at radius 1 is 1.07 bits per heavy atom. The standard InChI is InChI=1S/C32H42N6O4S/c1-35(30(40)20-23-6-2-3-7-23)24-9-11-27-26(21-24)33-32(38(27)15-5-14-37-13-4-8-29(37)39)34-31(41)28-12-10-25(43-28)22-36-16-18-42-19-17-36/h9-12,21,23H,2-8,13-20,22H2,1H3,(H,33,34,41). The van der Waals surface area contributed by atoms with Gasteiger partial charge in [-0.3, -0.25) is 24.6 Å². The normalized spacial score (nSPS) is 18.2. The molecular weight excluding hydrogens is 564 g/mol. The summed E-state index contributed by atoms with van der Waals surface area (Å²) in [6.07, 6.45) is 7.57. The van der Waals surface area contributed by atoms with Gasteiger partial charge in [0.1, 0.15) is 0 Å². The van der Waals surface area contributed by atoms with Crippen molar-refractivity contribution in [3.05, 3.63) is 40.1 Å². The van der Waals surface area contributed by atoms with Gasteiger partial charge in [-0.25, -0.2) is 4.98 Å². The zero-order valence-corrected chi connectivity index (χ0v) is 25.9. The highest BCUT2D eigenvalue weighted by atomic mass is 32.1. The maximum absolute atomic E-state index is 13.4.